The van der Waals surface area contributed by atoms with E-state index < -0.39 is 0 Å². The molecule has 4 rings (SSSR count). The highest BCUT2D eigenvalue weighted by Gasteiger charge is 2.23. The highest BCUT2D eigenvalue weighted by molar-refractivity contribution is 5.60. The Hall–Kier alpha value is -2.05. The van der Waals surface area contributed by atoms with Crippen molar-refractivity contribution in [1.29, 1.82) is 0 Å². The summed E-state index contributed by atoms with van der Waals surface area (Å²) in [6.45, 7) is 3.53. The second-order valence-corrected chi connectivity index (χ2v) is 6.83. The molecule has 0 bridgehead atoms. The fourth-order valence-corrected chi connectivity index (χ4v) is 3.62. The maximum Gasteiger partial charge on any atom is 0.163 e. The van der Waals surface area contributed by atoms with Crippen LogP contribution in [0.3, 0.4) is 0 Å². The third-order valence-corrected chi connectivity index (χ3v) is 4.95. The summed E-state index contributed by atoms with van der Waals surface area (Å²) in [5.74, 6) is 1.79. The lowest BCUT2D eigenvalue weighted by Gasteiger charge is -2.30. The highest BCUT2D eigenvalue weighted by Crippen LogP contribution is 2.27. The van der Waals surface area contributed by atoms with Gasteiger partial charge in [0.25, 0.3) is 0 Å². The molecular weight excluding hydrogens is 314 g/mol. The summed E-state index contributed by atoms with van der Waals surface area (Å²) in [5.41, 5.74) is 3.33. The molecule has 1 N–H and O–H groups in total. The summed E-state index contributed by atoms with van der Waals surface area (Å²) in [5, 5.41) is 3.42. The van der Waals surface area contributed by atoms with Crippen LogP contribution < -0.4 is 10.2 Å². The van der Waals surface area contributed by atoms with Crippen molar-refractivity contribution < 1.29 is 4.74 Å². The molecule has 0 spiro atoms. The first-order valence-electron chi connectivity index (χ1n) is 9.15. The molecule has 6 nitrogen and oxygen atoms in total. The average Bonchev–Trinajstić information content (AvgIpc) is 2.68. The van der Waals surface area contributed by atoms with E-state index in [4.69, 9.17) is 14.7 Å². The first-order chi connectivity index (χ1) is 12.3. The molecule has 2 aliphatic heterocycles. The van der Waals surface area contributed by atoms with Crippen LogP contribution in [0.25, 0.3) is 11.4 Å². The van der Waals surface area contributed by atoms with Crippen molar-refractivity contribution in [3.63, 3.8) is 0 Å². The second-order valence-electron chi connectivity index (χ2n) is 6.83. The lowest BCUT2D eigenvalue weighted by Crippen LogP contribution is -2.36. The third kappa shape index (κ3) is 3.65. The van der Waals surface area contributed by atoms with Crippen molar-refractivity contribution in [1.82, 2.24) is 20.3 Å². The predicted molar refractivity (Wildman–Crippen MR) is 97.5 cm³/mol. The van der Waals surface area contributed by atoms with Crippen LogP contribution in [0.1, 0.15) is 30.5 Å². The number of nitrogens with one attached hydrogen (secondary N) is 1. The number of nitrogens with zero attached hydrogens (tertiary/aromatic N) is 4. The van der Waals surface area contributed by atoms with Crippen molar-refractivity contribution in [3.05, 3.63) is 35.8 Å². The van der Waals surface area contributed by atoms with Crippen molar-refractivity contribution in [2.75, 3.05) is 31.6 Å². The molecule has 6 heteroatoms. The zero-order valence-electron chi connectivity index (χ0n) is 14.7. The van der Waals surface area contributed by atoms with Gasteiger partial charge in [0.15, 0.2) is 5.82 Å². The number of ether oxygens (including phenoxy) is 1. The molecule has 0 radical (unpaired) electrons. The first-order valence-corrected chi connectivity index (χ1v) is 9.15. The van der Waals surface area contributed by atoms with Gasteiger partial charge in [-0.3, -0.25) is 4.98 Å². The molecule has 132 valence electrons. The van der Waals surface area contributed by atoms with Gasteiger partial charge in [-0.1, -0.05) is 0 Å². The molecule has 1 unspecified atom stereocenters. The molecule has 1 saturated heterocycles. The Morgan fingerprint density at radius 2 is 2.28 bits per heavy atom. The average molecular weight is 339 g/mol. The molecule has 25 heavy (non-hydrogen) atoms. The molecule has 1 atom stereocenters. The number of anilines is 1. The Balaban J connectivity index is 1.67. The Kier molecular flexibility index (Phi) is 4.90. The van der Waals surface area contributed by atoms with Gasteiger partial charge in [-0.05, 0) is 44.4 Å². The van der Waals surface area contributed by atoms with E-state index in [1.54, 1.807) is 6.20 Å². The van der Waals surface area contributed by atoms with Gasteiger partial charge in [-0.2, -0.15) is 0 Å². The van der Waals surface area contributed by atoms with Gasteiger partial charge in [0.2, 0.25) is 0 Å². The van der Waals surface area contributed by atoms with Crippen LogP contribution in [0.15, 0.2) is 24.5 Å². The van der Waals surface area contributed by atoms with Crippen molar-refractivity contribution in [3.8, 4) is 11.4 Å². The summed E-state index contributed by atoms with van der Waals surface area (Å²) < 4.78 is 5.92. The minimum absolute atomic E-state index is 0.299. The van der Waals surface area contributed by atoms with E-state index in [1.807, 2.05) is 18.3 Å². The van der Waals surface area contributed by atoms with Crippen LogP contribution in [0.2, 0.25) is 0 Å². The molecule has 0 amide bonds. The zero-order valence-corrected chi connectivity index (χ0v) is 14.7. The molecule has 0 aromatic carbocycles. The number of rotatable bonds is 4. The van der Waals surface area contributed by atoms with Crippen molar-refractivity contribution in [2.24, 2.45) is 0 Å². The van der Waals surface area contributed by atoms with E-state index in [2.05, 4.69) is 22.2 Å². The largest absolute Gasteiger partial charge is 0.376 e. The van der Waals surface area contributed by atoms with Crippen LogP contribution in [0, 0.1) is 0 Å². The quantitative estimate of drug-likeness (QED) is 0.921. The standard InChI is InChI=1S/C19H25N5O/c1-24(13-15-6-2-3-10-25-15)19-16-7-9-21-12-17(16)22-18(23-19)14-5-4-8-20-11-14/h4-5,8,11,15,21H,2-3,6-7,9-10,12-13H2,1H3. The van der Waals surface area contributed by atoms with Crippen LogP contribution >= 0.6 is 0 Å². The SMILES string of the molecule is CN(CC1CCCCO1)c1nc(-c2cccnc2)nc2c1CCNC2. The number of fused-ring (bicyclic) bond motifs is 1. The van der Waals surface area contributed by atoms with Crippen LogP contribution in [0.5, 0.6) is 0 Å². The highest BCUT2D eigenvalue weighted by atomic mass is 16.5. The van der Waals surface area contributed by atoms with E-state index >= 15 is 0 Å². The first kappa shape index (κ1) is 16.4. The molecule has 4 heterocycles. The summed E-state index contributed by atoms with van der Waals surface area (Å²) in [4.78, 5) is 16.2. The maximum absolute atomic E-state index is 5.92. The Morgan fingerprint density at radius 1 is 1.32 bits per heavy atom. The van der Waals surface area contributed by atoms with Crippen LogP contribution in [-0.4, -0.2) is 47.8 Å². The molecule has 2 aromatic heterocycles. The minimum Gasteiger partial charge on any atom is -0.376 e. The maximum atomic E-state index is 5.92. The fraction of sp³-hybridized carbons (Fsp3) is 0.526. The zero-order chi connectivity index (χ0) is 17.1. The molecule has 0 saturated carbocycles. The molecule has 1 fully saturated rings. The van der Waals surface area contributed by atoms with E-state index in [0.29, 0.717) is 6.10 Å². The summed E-state index contributed by atoms with van der Waals surface area (Å²) in [6, 6.07) is 3.94. The number of likely N-dealkylation sites (N-methyl/N-ethyl adjacent to an activating group) is 1. The second kappa shape index (κ2) is 7.45. The topological polar surface area (TPSA) is 63.2 Å². The van der Waals surface area contributed by atoms with Gasteiger partial charge in [-0.25, -0.2) is 9.97 Å². The van der Waals surface area contributed by atoms with E-state index in [1.165, 1.54) is 18.4 Å². The lowest BCUT2D eigenvalue weighted by atomic mass is 10.0. The Bertz CT molecular complexity index is 715. The van der Waals surface area contributed by atoms with Gasteiger partial charge in [0, 0.05) is 50.3 Å². The van der Waals surface area contributed by atoms with Gasteiger partial charge >= 0.3 is 0 Å². The van der Waals surface area contributed by atoms with Gasteiger partial charge in [0.05, 0.1) is 11.8 Å². The van der Waals surface area contributed by atoms with Gasteiger partial charge in [0.1, 0.15) is 5.82 Å². The summed E-state index contributed by atoms with van der Waals surface area (Å²) in [6.07, 6.45) is 8.43. The third-order valence-electron chi connectivity index (χ3n) is 4.95. The van der Waals surface area contributed by atoms with Gasteiger partial charge < -0.3 is 15.0 Å². The smallest absolute Gasteiger partial charge is 0.163 e. The molecule has 2 aliphatic rings. The predicted octanol–water partition coefficient (Wildman–Crippen LogP) is 2.19. The Morgan fingerprint density at radius 3 is 3.08 bits per heavy atom. The monoisotopic (exact) mass is 339 g/mol. The van der Waals surface area contributed by atoms with Crippen molar-refractivity contribution in [2.45, 2.75) is 38.3 Å². The normalized spacial score (nSPS) is 20.1. The lowest BCUT2D eigenvalue weighted by molar-refractivity contribution is 0.0215. The fourth-order valence-electron chi connectivity index (χ4n) is 3.62. The van der Waals surface area contributed by atoms with Crippen molar-refractivity contribution >= 4 is 5.82 Å². The summed E-state index contributed by atoms with van der Waals surface area (Å²) >= 11 is 0. The Labute approximate surface area is 148 Å². The van der Waals surface area contributed by atoms with Crippen LogP contribution in [0.4, 0.5) is 5.82 Å². The van der Waals surface area contributed by atoms with E-state index in [9.17, 15) is 0 Å². The number of hydrogen-bond donors (Lipinski definition) is 1. The van der Waals surface area contributed by atoms with E-state index in [0.717, 1.165) is 62.0 Å². The summed E-state index contributed by atoms with van der Waals surface area (Å²) in [7, 11) is 2.12. The number of hydrogen-bond acceptors (Lipinski definition) is 6. The molecular formula is C19H25N5O. The number of aromatic nitrogens is 3. The minimum atomic E-state index is 0.299. The molecule has 2 aromatic rings. The number of pyridine rings is 1. The van der Waals surface area contributed by atoms with E-state index in [-0.39, 0.29) is 0 Å². The molecule has 0 aliphatic carbocycles. The van der Waals surface area contributed by atoms with Crippen LogP contribution in [-0.2, 0) is 17.7 Å². The van der Waals surface area contributed by atoms with Gasteiger partial charge in [-0.15, -0.1) is 0 Å².